The number of methoxy groups -OCH3 is 1. The van der Waals surface area contributed by atoms with E-state index < -0.39 is 12.2 Å². The fourth-order valence-electron chi connectivity index (χ4n) is 4.02. The number of hydrogen-bond acceptors (Lipinski definition) is 6. The molecule has 1 aliphatic carbocycles. The molecular weight excluding hydrogens is 400 g/mol. The molecule has 0 spiro atoms. The topological polar surface area (TPSA) is 87.0 Å². The van der Waals surface area contributed by atoms with Crippen LogP contribution < -0.4 is 0 Å². The summed E-state index contributed by atoms with van der Waals surface area (Å²) in [5, 5.41) is 29.5. The predicted octanol–water partition coefficient (Wildman–Crippen LogP) is 3.60. The molecule has 1 aromatic rings. The highest BCUT2D eigenvalue weighted by molar-refractivity contribution is 7.11. The maximum Gasteiger partial charge on any atom is 0.158 e. The molecule has 3 N–H and O–H groups in total. The van der Waals surface area contributed by atoms with Gasteiger partial charge in [-0.25, -0.2) is 0 Å². The van der Waals surface area contributed by atoms with E-state index in [4.69, 9.17) is 9.84 Å². The molecule has 5 nitrogen and oxygen atoms in total. The first-order valence-electron chi connectivity index (χ1n) is 10.8. The second-order valence-corrected chi connectivity index (χ2v) is 9.49. The zero-order chi connectivity index (χ0) is 21.9. The predicted molar refractivity (Wildman–Crippen MR) is 121 cm³/mol. The van der Waals surface area contributed by atoms with E-state index in [0.29, 0.717) is 25.7 Å². The number of carbonyl (C=O) groups is 1. The molecule has 1 aliphatic rings. The van der Waals surface area contributed by atoms with Crippen LogP contribution in [0.15, 0.2) is 36.4 Å². The van der Waals surface area contributed by atoms with Crippen molar-refractivity contribution in [2.45, 2.75) is 70.2 Å². The summed E-state index contributed by atoms with van der Waals surface area (Å²) in [6.07, 6.45) is 11.8. The van der Waals surface area contributed by atoms with Crippen LogP contribution in [0.25, 0.3) is 0 Å². The Kier molecular flexibility index (Phi) is 11.0. The summed E-state index contributed by atoms with van der Waals surface area (Å²) in [6, 6.07) is 4.30. The first-order valence-corrected chi connectivity index (χ1v) is 11.7. The van der Waals surface area contributed by atoms with Crippen LogP contribution in [0.2, 0.25) is 0 Å². The van der Waals surface area contributed by atoms with Crippen molar-refractivity contribution in [1.82, 2.24) is 0 Å². The van der Waals surface area contributed by atoms with Gasteiger partial charge in [0.2, 0.25) is 0 Å². The van der Waals surface area contributed by atoms with Gasteiger partial charge in [0.15, 0.2) is 5.78 Å². The second-order valence-electron chi connectivity index (χ2n) is 8.12. The van der Waals surface area contributed by atoms with Crippen LogP contribution in [0.5, 0.6) is 0 Å². The zero-order valence-electron chi connectivity index (χ0n) is 18.1. The number of thiophene rings is 1. The fraction of sp³-hybridized carbons (Fsp3) is 0.625. The Bertz CT molecular complexity index is 696. The Labute approximate surface area is 184 Å². The molecule has 2 rings (SSSR count). The van der Waals surface area contributed by atoms with Crippen LogP contribution in [0.3, 0.4) is 0 Å². The van der Waals surface area contributed by atoms with Crippen LogP contribution in [0.4, 0.5) is 0 Å². The van der Waals surface area contributed by atoms with Crippen LogP contribution in [0.1, 0.15) is 48.3 Å². The Balaban J connectivity index is 1.85. The van der Waals surface area contributed by atoms with Gasteiger partial charge in [0.25, 0.3) is 0 Å². The Morgan fingerprint density at radius 2 is 2.10 bits per heavy atom. The van der Waals surface area contributed by atoms with E-state index in [1.165, 1.54) is 9.75 Å². The smallest absolute Gasteiger partial charge is 0.158 e. The summed E-state index contributed by atoms with van der Waals surface area (Å²) in [6.45, 7) is 1.72. The van der Waals surface area contributed by atoms with E-state index in [2.05, 4.69) is 19.1 Å². The molecule has 0 amide bonds. The number of unbranched alkanes of at least 4 members (excludes halogenated alkanes) is 1. The van der Waals surface area contributed by atoms with Crippen LogP contribution >= 0.6 is 11.3 Å². The maximum absolute atomic E-state index is 11.1. The monoisotopic (exact) mass is 436 g/mol. The Hall–Kier alpha value is -1.31. The minimum absolute atomic E-state index is 0.0161. The lowest BCUT2D eigenvalue weighted by Crippen LogP contribution is -2.20. The minimum atomic E-state index is -0.547. The molecule has 0 unspecified atom stereocenters. The number of aliphatic hydroxyl groups is 3. The molecule has 1 aromatic heterocycles. The van der Waals surface area contributed by atoms with Crippen LogP contribution in [-0.4, -0.2) is 53.1 Å². The van der Waals surface area contributed by atoms with Crippen molar-refractivity contribution in [2.24, 2.45) is 11.8 Å². The molecule has 1 saturated carbocycles. The van der Waals surface area contributed by atoms with Crippen molar-refractivity contribution in [2.75, 3.05) is 13.7 Å². The van der Waals surface area contributed by atoms with Gasteiger partial charge >= 0.3 is 0 Å². The SMILES string of the molecule is CO[C@H](/C=C/[C@@H]1[C@@H](C/C=C\CCCC(=O)CO)[C@@H](O)C[C@H]1O)CCc1ccc(C)s1. The number of aryl methyl sites for hydroxylation is 2. The van der Waals surface area contributed by atoms with Gasteiger partial charge in [-0.3, -0.25) is 4.79 Å². The molecule has 1 fully saturated rings. The summed E-state index contributed by atoms with van der Waals surface area (Å²) in [7, 11) is 1.70. The molecule has 1 heterocycles. The van der Waals surface area contributed by atoms with E-state index in [9.17, 15) is 15.0 Å². The normalized spacial score (nSPS) is 25.5. The van der Waals surface area contributed by atoms with Gasteiger partial charge in [-0.1, -0.05) is 24.3 Å². The van der Waals surface area contributed by atoms with Crippen molar-refractivity contribution in [1.29, 1.82) is 0 Å². The third-order valence-electron chi connectivity index (χ3n) is 5.82. The van der Waals surface area contributed by atoms with Gasteiger partial charge in [0, 0.05) is 35.6 Å². The average Bonchev–Trinajstić information content (AvgIpc) is 3.26. The van der Waals surface area contributed by atoms with Crippen molar-refractivity contribution >= 4 is 17.1 Å². The van der Waals surface area contributed by atoms with Gasteiger partial charge in [-0.05, 0) is 57.1 Å². The van der Waals surface area contributed by atoms with E-state index >= 15 is 0 Å². The lowest BCUT2D eigenvalue weighted by atomic mass is 9.89. The van der Waals surface area contributed by atoms with Crippen LogP contribution in [0, 0.1) is 18.8 Å². The summed E-state index contributed by atoms with van der Waals surface area (Å²) < 4.78 is 5.60. The second kappa shape index (κ2) is 13.2. The number of Topliss-reactive ketones (excluding diaryl/α,β-unsaturated/α-hetero) is 1. The van der Waals surface area contributed by atoms with E-state index in [1.807, 2.05) is 35.6 Å². The first-order chi connectivity index (χ1) is 14.4. The van der Waals surface area contributed by atoms with Crippen molar-refractivity contribution in [3.8, 4) is 0 Å². The highest BCUT2D eigenvalue weighted by atomic mass is 32.1. The summed E-state index contributed by atoms with van der Waals surface area (Å²) in [4.78, 5) is 13.8. The average molecular weight is 437 g/mol. The Morgan fingerprint density at radius 3 is 2.77 bits per heavy atom. The summed E-state index contributed by atoms with van der Waals surface area (Å²) in [5.41, 5.74) is 0. The number of ketones is 1. The van der Waals surface area contributed by atoms with Gasteiger partial charge in [-0.15, -0.1) is 11.3 Å². The summed E-state index contributed by atoms with van der Waals surface area (Å²) in [5.74, 6) is -0.254. The molecule has 6 heteroatoms. The third kappa shape index (κ3) is 8.08. The molecule has 5 atom stereocenters. The molecule has 0 saturated heterocycles. The number of rotatable bonds is 13. The van der Waals surface area contributed by atoms with Gasteiger partial charge in [0.1, 0.15) is 6.61 Å². The fourth-order valence-corrected chi connectivity index (χ4v) is 4.93. The standard InChI is InChI=1S/C24H36O5S/c1-17-9-12-20(30-17)13-10-19(29-2)11-14-22-21(23(27)15-24(22)28)8-6-4-3-5-7-18(26)16-25/h4,6,9,11-12,14,19,21-25,27-28H,3,5,7-8,10,13,15-16H2,1-2H3/b6-4-,14-11+/t19-,21+,22+,23-,24+/m0/s1. The quantitative estimate of drug-likeness (QED) is 0.325. The van der Waals surface area contributed by atoms with Gasteiger partial charge < -0.3 is 20.1 Å². The number of ether oxygens (including phenoxy) is 1. The molecule has 0 aliphatic heterocycles. The zero-order valence-corrected chi connectivity index (χ0v) is 18.9. The number of hydrogen-bond donors (Lipinski definition) is 3. The largest absolute Gasteiger partial charge is 0.393 e. The lowest BCUT2D eigenvalue weighted by molar-refractivity contribution is -0.121. The molecular formula is C24H36O5S. The molecule has 0 aromatic carbocycles. The number of aliphatic hydroxyl groups excluding tert-OH is 3. The molecule has 168 valence electrons. The highest BCUT2D eigenvalue weighted by Crippen LogP contribution is 2.36. The van der Waals surface area contributed by atoms with E-state index in [1.54, 1.807) is 7.11 Å². The van der Waals surface area contributed by atoms with Gasteiger partial charge in [-0.2, -0.15) is 0 Å². The van der Waals surface area contributed by atoms with E-state index in [-0.39, 0.29) is 30.3 Å². The van der Waals surface area contributed by atoms with Crippen LogP contribution in [-0.2, 0) is 16.0 Å². The number of allylic oxidation sites excluding steroid dienone is 2. The highest BCUT2D eigenvalue weighted by Gasteiger charge is 2.39. The third-order valence-corrected chi connectivity index (χ3v) is 6.88. The molecule has 30 heavy (non-hydrogen) atoms. The summed E-state index contributed by atoms with van der Waals surface area (Å²) >= 11 is 1.81. The van der Waals surface area contributed by atoms with Crippen molar-refractivity contribution in [3.05, 3.63) is 46.2 Å². The van der Waals surface area contributed by atoms with Crippen molar-refractivity contribution < 1.29 is 24.9 Å². The number of carbonyl (C=O) groups excluding carboxylic acids is 1. The van der Waals surface area contributed by atoms with Crippen molar-refractivity contribution in [3.63, 3.8) is 0 Å². The first kappa shape index (κ1) is 25.0. The molecule has 0 bridgehead atoms. The Morgan fingerprint density at radius 1 is 1.30 bits per heavy atom. The lowest BCUT2D eigenvalue weighted by Gasteiger charge is -2.20. The maximum atomic E-state index is 11.1. The van der Waals surface area contributed by atoms with Gasteiger partial charge in [0.05, 0.1) is 18.3 Å². The molecule has 0 radical (unpaired) electrons. The minimum Gasteiger partial charge on any atom is -0.393 e. The van der Waals surface area contributed by atoms with E-state index in [0.717, 1.165) is 19.3 Å².